The molecule has 0 atom stereocenters. The molecule has 0 unspecified atom stereocenters. The minimum absolute atomic E-state index is 0.186. The Morgan fingerprint density at radius 2 is 2.00 bits per heavy atom. The zero-order valence-corrected chi connectivity index (χ0v) is 20.1. The van der Waals surface area contributed by atoms with E-state index in [1.165, 1.54) is 35.6 Å². The Kier molecular flexibility index (Phi) is 7.35. The van der Waals surface area contributed by atoms with Crippen LogP contribution in [-0.4, -0.2) is 22.1 Å². The Morgan fingerprint density at radius 1 is 1.19 bits per heavy atom. The van der Waals surface area contributed by atoms with Gasteiger partial charge in [-0.25, -0.2) is 9.97 Å². The fourth-order valence-electron chi connectivity index (χ4n) is 2.69. The predicted octanol–water partition coefficient (Wildman–Crippen LogP) is 6.82. The summed E-state index contributed by atoms with van der Waals surface area (Å²) in [6.07, 6.45) is 5.35. The second-order valence-corrected chi connectivity index (χ2v) is 9.60. The van der Waals surface area contributed by atoms with Crippen molar-refractivity contribution in [1.29, 1.82) is 0 Å². The van der Waals surface area contributed by atoms with E-state index < -0.39 is 0 Å². The third kappa shape index (κ3) is 5.51. The number of carbonyl (C=O) groups excluding carboxylic acids is 1. The van der Waals surface area contributed by atoms with E-state index in [0.29, 0.717) is 43.0 Å². The highest BCUT2D eigenvalue weighted by molar-refractivity contribution is 8.04. The van der Waals surface area contributed by atoms with Gasteiger partial charge in [0.1, 0.15) is 5.75 Å². The fourth-order valence-corrected chi connectivity index (χ4v) is 5.38. The van der Waals surface area contributed by atoms with Crippen LogP contribution in [0.4, 0.5) is 5.69 Å². The normalized spacial score (nSPS) is 14.3. The zero-order valence-electron chi connectivity index (χ0n) is 16.1. The van der Waals surface area contributed by atoms with Gasteiger partial charge in [-0.15, -0.1) is 0 Å². The molecule has 1 amide bonds. The number of hydrogen-bond donors (Lipinski definition) is 1. The van der Waals surface area contributed by atoms with Crippen molar-refractivity contribution in [1.82, 2.24) is 9.97 Å². The lowest BCUT2D eigenvalue weighted by molar-refractivity contribution is -0.112. The van der Waals surface area contributed by atoms with E-state index in [9.17, 15) is 4.79 Å². The highest BCUT2D eigenvalue weighted by atomic mass is 35.5. The van der Waals surface area contributed by atoms with Crippen molar-refractivity contribution in [3.05, 3.63) is 74.9 Å². The zero-order chi connectivity index (χ0) is 21.8. The molecule has 0 bridgehead atoms. The Bertz CT molecular complexity index is 1150. The maximum absolute atomic E-state index is 12.6. The van der Waals surface area contributed by atoms with Gasteiger partial charge in [0.25, 0.3) is 5.91 Å². The van der Waals surface area contributed by atoms with E-state index in [4.69, 9.17) is 27.4 Å². The molecule has 0 aliphatic carbocycles. The number of carbonyl (C=O) groups is 1. The van der Waals surface area contributed by atoms with Crippen LogP contribution in [-0.2, 0) is 10.5 Å². The molecule has 2 heterocycles. The summed E-state index contributed by atoms with van der Waals surface area (Å²) >= 11 is 16.5. The van der Waals surface area contributed by atoms with Crippen LogP contribution in [0.5, 0.6) is 5.75 Å². The van der Waals surface area contributed by atoms with Crippen LogP contribution >= 0.6 is 58.8 Å². The second-order valence-electron chi connectivity index (χ2n) is 6.24. The third-order valence-corrected chi connectivity index (χ3v) is 7.27. The Morgan fingerprint density at radius 3 is 2.77 bits per heavy atom. The molecule has 1 aliphatic heterocycles. The Hall–Kier alpha value is -1.84. The van der Waals surface area contributed by atoms with Crippen molar-refractivity contribution >= 4 is 76.4 Å². The van der Waals surface area contributed by atoms with Crippen LogP contribution in [0.1, 0.15) is 11.3 Å². The van der Waals surface area contributed by atoms with Crippen molar-refractivity contribution in [3.63, 3.8) is 0 Å². The van der Waals surface area contributed by atoms with E-state index in [0.717, 1.165) is 10.5 Å². The highest BCUT2D eigenvalue weighted by Crippen LogP contribution is 2.41. The van der Waals surface area contributed by atoms with Gasteiger partial charge in [-0.1, -0.05) is 52.8 Å². The summed E-state index contributed by atoms with van der Waals surface area (Å²) in [7, 11) is 0. The van der Waals surface area contributed by atoms with Crippen LogP contribution < -0.4 is 9.50 Å². The summed E-state index contributed by atoms with van der Waals surface area (Å²) in [6, 6.07) is 12.7. The summed E-state index contributed by atoms with van der Waals surface area (Å²) in [5.74, 6) is 0.940. The minimum Gasteiger partial charge on any atom is -0.425 e. The second kappa shape index (κ2) is 10.2. The summed E-state index contributed by atoms with van der Waals surface area (Å²) in [4.78, 5) is 22.6. The Balaban J connectivity index is 1.45. The van der Waals surface area contributed by atoms with Crippen LogP contribution in [0.2, 0.25) is 10.0 Å². The maximum Gasteiger partial charge on any atom is 0.262 e. The van der Waals surface area contributed by atoms with Gasteiger partial charge in [-0.3, -0.25) is 4.79 Å². The molecule has 0 spiro atoms. The number of hydrogen-bond acceptors (Lipinski definition) is 7. The number of rotatable bonds is 6. The third-order valence-electron chi connectivity index (χ3n) is 4.18. The summed E-state index contributed by atoms with van der Waals surface area (Å²) < 4.78 is 5.77. The van der Waals surface area contributed by atoms with Gasteiger partial charge >= 0.3 is 0 Å². The number of anilines is 1. The molecule has 5 nitrogen and oxygen atoms in total. The molecular formula is C21H15Cl2N3O2S3. The molecule has 1 N–H and O–H groups in total. The topological polar surface area (TPSA) is 64.1 Å². The molecular weight excluding hydrogens is 493 g/mol. The summed E-state index contributed by atoms with van der Waals surface area (Å²) in [6.45, 7) is 0. The average molecular weight is 508 g/mol. The standard InChI is InChI=1S/C21H15Cl2N3O2S3/c1-29-21-24-8-7-12(25-21)9-19-20(27)26-17-10-13(5-6-18(17)31-19)28-30-11-14-15(22)3-2-4-16(14)23/h2-10H,11H2,1H3,(H,26,27)/b19-9-. The molecule has 1 aliphatic rings. The molecule has 158 valence electrons. The monoisotopic (exact) mass is 507 g/mol. The maximum atomic E-state index is 12.6. The van der Waals surface area contributed by atoms with Crippen LogP contribution in [0.15, 0.2) is 63.6 Å². The number of benzene rings is 2. The molecule has 31 heavy (non-hydrogen) atoms. The molecule has 0 saturated heterocycles. The van der Waals surface area contributed by atoms with Gasteiger partial charge in [-0.05, 0) is 42.7 Å². The quantitative estimate of drug-likeness (QED) is 0.170. The number of nitrogens with zero attached hydrogens (tertiary/aromatic N) is 2. The average Bonchev–Trinajstić information content (AvgIpc) is 2.76. The highest BCUT2D eigenvalue weighted by Gasteiger charge is 2.22. The molecule has 10 heteroatoms. The number of nitrogens with one attached hydrogen (secondary N) is 1. The first-order chi connectivity index (χ1) is 15.0. The largest absolute Gasteiger partial charge is 0.425 e. The SMILES string of the molecule is CSc1nccc(/C=C2\Sc3ccc(OSCc4c(Cl)cccc4Cl)cc3NC2=O)n1. The van der Waals surface area contributed by atoms with Crippen LogP contribution in [0.3, 0.4) is 0 Å². The number of thioether (sulfide) groups is 2. The van der Waals surface area contributed by atoms with Crippen molar-refractivity contribution in [2.75, 3.05) is 11.6 Å². The van der Waals surface area contributed by atoms with Gasteiger partial charge in [0.15, 0.2) is 5.16 Å². The summed E-state index contributed by atoms with van der Waals surface area (Å²) in [5.41, 5.74) is 2.21. The molecule has 3 aromatic rings. The first kappa shape index (κ1) is 22.4. The van der Waals surface area contributed by atoms with Gasteiger partial charge in [0, 0.05) is 32.8 Å². The lowest BCUT2D eigenvalue weighted by atomic mass is 10.2. The molecule has 0 fully saturated rings. The first-order valence-corrected chi connectivity index (χ1v) is 12.7. The molecule has 1 aromatic heterocycles. The van der Waals surface area contributed by atoms with E-state index in [-0.39, 0.29) is 5.91 Å². The van der Waals surface area contributed by atoms with Gasteiger partial charge < -0.3 is 9.50 Å². The van der Waals surface area contributed by atoms with E-state index in [1.54, 1.807) is 42.6 Å². The lowest BCUT2D eigenvalue weighted by Crippen LogP contribution is -2.17. The smallest absolute Gasteiger partial charge is 0.262 e. The van der Waals surface area contributed by atoms with Crippen molar-refractivity contribution in [2.24, 2.45) is 0 Å². The molecule has 4 rings (SSSR count). The fraction of sp³-hybridized carbons (Fsp3) is 0.0952. The van der Waals surface area contributed by atoms with Crippen LogP contribution in [0.25, 0.3) is 6.08 Å². The number of halogens is 2. The first-order valence-electron chi connectivity index (χ1n) is 8.98. The van der Waals surface area contributed by atoms with Crippen molar-refractivity contribution in [2.45, 2.75) is 15.8 Å². The predicted molar refractivity (Wildman–Crippen MR) is 131 cm³/mol. The van der Waals surface area contributed by atoms with E-state index in [1.807, 2.05) is 18.4 Å². The van der Waals surface area contributed by atoms with Gasteiger partial charge in [0.05, 0.1) is 34.1 Å². The molecule has 0 saturated carbocycles. The van der Waals surface area contributed by atoms with Crippen molar-refractivity contribution < 1.29 is 8.98 Å². The van der Waals surface area contributed by atoms with Crippen LogP contribution in [0, 0.1) is 0 Å². The molecule has 2 aromatic carbocycles. The number of aromatic nitrogens is 2. The Labute approximate surface area is 202 Å². The van der Waals surface area contributed by atoms with Gasteiger partial charge in [-0.2, -0.15) is 0 Å². The van der Waals surface area contributed by atoms with Crippen molar-refractivity contribution in [3.8, 4) is 5.75 Å². The number of fused-ring (bicyclic) bond motifs is 1. The van der Waals surface area contributed by atoms with Gasteiger partial charge in [0.2, 0.25) is 0 Å². The van der Waals surface area contributed by atoms with E-state index >= 15 is 0 Å². The minimum atomic E-state index is -0.186. The summed E-state index contributed by atoms with van der Waals surface area (Å²) in [5, 5.41) is 4.78. The molecule has 0 radical (unpaired) electrons. The number of amides is 1. The van der Waals surface area contributed by atoms with E-state index in [2.05, 4.69) is 15.3 Å². The lowest BCUT2D eigenvalue weighted by Gasteiger charge is -2.19.